The van der Waals surface area contributed by atoms with Crippen LogP contribution in [0.3, 0.4) is 0 Å². The van der Waals surface area contributed by atoms with E-state index in [1.165, 1.54) is 11.8 Å². The molecule has 2 amide bonds. The summed E-state index contributed by atoms with van der Waals surface area (Å²) in [7, 11) is 0. The number of amides is 2. The molecule has 6 nitrogen and oxygen atoms in total. The molecular formula is C30H38F2N4O2S. The van der Waals surface area contributed by atoms with Crippen LogP contribution in [-0.2, 0) is 4.79 Å². The van der Waals surface area contributed by atoms with Crippen molar-refractivity contribution in [2.24, 2.45) is 16.8 Å². The molecule has 3 aliphatic rings. The quantitative estimate of drug-likeness (QED) is 0.454. The van der Waals surface area contributed by atoms with Gasteiger partial charge in [-0.2, -0.15) is 0 Å². The van der Waals surface area contributed by atoms with E-state index >= 15 is 0 Å². The smallest absolute Gasteiger partial charge is 0.261 e. The van der Waals surface area contributed by atoms with Gasteiger partial charge < -0.3 is 9.88 Å². The Kier molecular flexibility index (Phi) is 8.02. The highest BCUT2D eigenvalue weighted by Crippen LogP contribution is 2.40. The lowest BCUT2D eigenvalue weighted by atomic mass is 9.81. The Hall–Kier alpha value is -2.52. The second-order valence-electron chi connectivity index (χ2n) is 11.3. The third-order valence-corrected chi connectivity index (χ3v) is 9.79. The third-order valence-electron chi connectivity index (χ3n) is 8.91. The standard InChI is InChI=1S/C30H38F2N4O2S/c1-18-15-26(39-4)24(28(37)34-18)16-33-29(38)27-20(3)36(25-8-6-5-7-23(25)27)19(2)21-9-11-22(12-10-21)35-14-13-30(31,32)17-35/h5-8,15,19,21-22,24H,9-14,16-17H2,1-4H3,(H,33,38)/t19-,21?,22?,24?/m1/s1. The Morgan fingerprint density at radius 1 is 1.21 bits per heavy atom. The number of para-hydroxylation sites is 1. The van der Waals surface area contributed by atoms with Crippen LogP contribution in [0.2, 0.25) is 0 Å². The summed E-state index contributed by atoms with van der Waals surface area (Å²) in [6.45, 7) is 6.60. The molecule has 0 bridgehead atoms. The zero-order valence-electron chi connectivity index (χ0n) is 23.2. The number of hydrogen-bond donors (Lipinski definition) is 1. The number of likely N-dealkylation sites (tertiary alicyclic amines) is 1. The first-order chi connectivity index (χ1) is 18.6. The summed E-state index contributed by atoms with van der Waals surface area (Å²) < 4.78 is 29.8. The molecule has 1 unspecified atom stereocenters. The monoisotopic (exact) mass is 556 g/mol. The number of thioether (sulfide) groups is 1. The molecular weight excluding hydrogens is 518 g/mol. The first-order valence-corrected chi connectivity index (χ1v) is 15.2. The number of hydrogen-bond acceptors (Lipinski definition) is 4. The van der Waals surface area contributed by atoms with Crippen LogP contribution in [0.5, 0.6) is 0 Å². The van der Waals surface area contributed by atoms with Crippen LogP contribution in [-0.4, -0.2) is 64.8 Å². The second-order valence-corrected chi connectivity index (χ2v) is 12.2. The first kappa shape index (κ1) is 28.0. The number of carbonyl (C=O) groups is 2. The van der Waals surface area contributed by atoms with Gasteiger partial charge in [0.05, 0.1) is 18.0 Å². The number of alkyl halides is 2. The molecule has 210 valence electrons. The average molecular weight is 557 g/mol. The molecule has 5 rings (SSSR count). The summed E-state index contributed by atoms with van der Waals surface area (Å²) in [5.41, 5.74) is 3.26. The van der Waals surface area contributed by atoms with Gasteiger partial charge in [-0.15, -0.1) is 11.8 Å². The molecule has 2 aromatic rings. The highest BCUT2D eigenvalue weighted by atomic mass is 32.2. The number of allylic oxidation sites excluding steroid dienone is 1. The van der Waals surface area contributed by atoms with Gasteiger partial charge in [0.25, 0.3) is 17.7 Å². The zero-order valence-corrected chi connectivity index (χ0v) is 24.0. The molecule has 3 heterocycles. The van der Waals surface area contributed by atoms with Crippen LogP contribution in [0.1, 0.15) is 68.0 Å². The van der Waals surface area contributed by atoms with E-state index in [2.05, 4.69) is 27.9 Å². The molecule has 2 aliphatic heterocycles. The van der Waals surface area contributed by atoms with Gasteiger partial charge in [-0.25, -0.2) is 13.8 Å². The van der Waals surface area contributed by atoms with Gasteiger partial charge in [-0.1, -0.05) is 18.2 Å². The summed E-state index contributed by atoms with van der Waals surface area (Å²) in [4.78, 5) is 33.1. The van der Waals surface area contributed by atoms with E-state index in [1.54, 1.807) is 6.92 Å². The third kappa shape index (κ3) is 5.57. The number of aromatic nitrogens is 1. The van der Waals surface area contributed by atoms with E-state index in [0.717, 1.165) is 47.2 Å². The predicted octanol–water partition coefficient (Wildman–Crippen LogP) is 6.00. The number of nitrogens with zero attached hydrogens (tertiary/aromatic N) is 3. The Bertz CT molecular complexity index is 1330. The van der Waals surface area contributed by atoms with Gasteiger partial charge in [0, 0.05) is 58.8 Å². The molecule has 9 heteroatoms. The van der Waals surface area contributed by atoms with Gasteiger partial charge >= 0.3 is 0 Å². The predicted molar refractivity (Wildman–Crippen MR) is 154 cm³/mol. The summed E-state index contributed by atoms with van der Waals surface area (Å²) in [5.74, 6) is -3.02. The van der Waals surface area contributed by atoms with Crippen molar-refractivity contribution < 1.29 is 18.4 Å². The van der Waals surface area contributed by atoms with Crippen LogP contribution >= 0.6 is 11.8 Å². The van der Waals surface area contributed by atoms with Crippen molar-refractivity contribution in [3.63, 3.8) is 0 Å². The van der Waals surface area contributed by atoms with Crippen LogP contribution in [0.4, 0.5) is 8.78 Å². The SMILES string of the molecule is CSC1=CC(C)=NC(=O)C1CNC(=O)c1c(C)n([C@H](C)C2CCC(N3CCC(F)(F)C3)CC2)c2ccccc12. The lowest BCUT2D eigenvalue weighted by Crippen LogP contribution is -2.39. The Morgan fingerprint density at radius 3 is 2.59 bits per heavy atom. The van der Waals surface area contributed by atoms with Crippen molar-refractivity contribution in [2.45, 2.75) is 70.9 Å². The molecule has 1 saturated heterocycles. The van der Waals surface area contributed by atoms with Crippen molar-refractivity contribution in [2.75, 3.05) is 25.9 Å². The summed E-state index contributed by atoms with van der Waals surface area (Å²) in [6.07, 6.45) is 7.63. The maximum Gasteiger partial charge on any atom is 0.261 e. The van der Waals surface area contributed by atoms with Gasteiger partial charge in [-0.3, -0.25) is 14.5 Å². The largest absolute Gasteiger partial charge is 0.351 e. The van der Waals surface area contributed by atoms with Crippen LogP contribution in [0, 0.1) is 18.8 Å². The number of halogens is 2. The van der Waals surface area contributed by atoms with Gasteiger partial charge in [0.2, 0.25) is 0 Å². The fraction of sp³-hybridized carbons (Fsp3) is 0.567. The van der Waals surface area contributed by atoms with Crippen LogP contribution in [0.25, 0.3) is 10.9 Å². The van der Waals surface area contributed by atoms with Gasteiger partial charge in [-0.05, 0) is 70.8 Å². The van der Waals surface area contributed by atoms with E-state index < -0.39 is 11.8 Å². The molecule has 1 aliphatic carbocycles. The normalized spacial score (nSPS) is 26.4. The second kappa shape index (κ2) is 11.2. The van der Waals surface area contributed by atoms with Crippen molar-refractivity contribution in [3.05, 3.63) is 46.5 Å². The van der Waals surface area contributed by atoms with Crippen molar-refractivity contribution >= 4 is 40.2 Å². The van der Waals surface area contributed by atoms with Gasteiger partial charge in [0.1, 0.15) is 0 Å². The van der Waals surface area contributed by atoms with Crippen molar-refractivity contribution in [1.29, 1.82) is 0 Å². The molecule has 1 N–H and O–H groups in total. The van der Waals surface area contributed by atoms with E-state index in [4.69, 9.17) is 0 Å². The number of benzene rings is 1. The Labute approximate surface area is 233 Å². The molecule has 39 heavy (non-hydrogen) atoms. The van der Waals surface area contributed by atoms with Crippen LogP contribution < -0.4 is 5.32 Å². The number of carbonyl (C=O) groups excluding carboxylic acids is 2. The Balaban J connectivity index is 1.32. The van der Waals surface area contributed by atoms with E-state index in [-0.39, 0.29) is 43.4 Å². The zero-order chi connectivity index (χ0) is 27.9. The molecule has 1 aromatic heterocycles. The number of dihydropyridines is 1. The lowest BCUT2D eigenvalue weighted by Gasteiger charge is -2.37. The van der Waals surface area contributed by atoms with E-state index in [1.807, 2.05) is 42.4 Å². The fourth-order valence-electron chi connectivity index (χ4n) is 6.82. The molecule has 0 radical (unpaired) electrons. The number of nitrogens with one attached hydrogen (secondary N) is 1. The fourth-order valence-corrected chi connectivity index (χ4v) is 7.58. The number of aliphatic imine (C=N–C) groups is 1. The number of rotatable bonds is 7. The number of fused-ring (bicyclic) bond motifs is 1. The maximum atomic E-state index is 13.8. The minimum absolute atomic E-state index is 0.0284. The van der Waals surface area contributed by atoms with E-state index in [0.29, 0.717) is 23.7 Å². The van der Waals surface area contributed by atoms with Crippen molar-refractivity contribution in [1.82, 2.24) is 14.8 Å². The molecule has 0 spiro atoms. The molecule has 1 aromatic carbocycles. The maximum absolute atomic E-state index is 13.8. The highest BCUT2D eigenvalue weighted by Gasteiger charge is 2.42. The summed E-state index contributed by atoms with van der Waals surface area (Å²) in [5, 5.41) is 3.92. The first-order valence-electron chi connectivity index (χ1n) is 13.9. The summed E-state index contributed by atoms with van der Waals surface area (Å²) in [6, 6.07) is 8.39. The topological polar surface area (TPSA) is 66.7 Å². The van der Waals surface area contributed by atoms with Crippen LogP contribution in [0.15, 0.2) is 40.2 Å². The lowest BCUT2D eigenvalue weighted by molar-refractivity contribution is -0.120. The van der Waals surface area contributed by atoms with Crippen molar-refractivity contribution in [3.8, 4) is 0 Å². The summed E-state index contributed by atoms with van der Waals surface area (Å²) >= 11 is 1.51. The molecule has 1 saturated carbocycles. The highest BCUT2D eigenvalue weighted by molar-refractivity contribution is 8.02. The van der Waals surface area contributed by atoms with E-state index in [9.17, 15) is 18.4 Å². The minimum atomic E-state index is -2.55. The Morgan fingerprint density at radius 2 is 1.92 bits per heavy atom. The minimum Gasteiger partial charge on any atom is -0.351 e. The molecule has 2 fully saturated rings. The average Bonchev–Trinajstić information content (AvgIpc) is 3.42. The van der Waals surface area contributed by atoms with Gasteiger partial charge in [0.15, 0.2) is 0 Å². The molecule has 2 atom stereocenters.